The molecular weight excluding hydrogens is 352 g/mol. The van der Waals surface area contributed by atoms with Crippen molar-refractivity contribution in [2.24, 2.45) is 0 Å². The minimum Gasteiger partial charge on any atom is -0.363 e. The van der Waals surface area contributed by atoms with Gasteiger partial charge >= 0.3 is 6.18 Å². The van der Waals surface area contributed by atoms with E-state index in [0.29, 0.717) is 5.56 Å². The number of aromatic nitrogens is 2. The maximum atomic E-state index is 13.5. The lowest BCUT2D eigenvalue weighted by Gasteiger charge is -2.34. The van der Waals surface area contributed by atoms with Crippen LogP contribution in [0.4, 0.5) is 23.4 Å². The van der Waals surface area contributed by atoms with Crippen LogP contribution >= 0.6 is 0 Å². The lowest BCUT2D eigenvalue weighted by atomic mass is 9.96. The fourth-order valence-electron chi connectivity index (χ4n) is 2.98. The Balaban J connectivity index is 2.01. The number of benzene rings is 1. The highest BCUT2D eigenvalue weighted by atomic mass is 19.4. The van der Waals surface area contributed by atoms with Gasteiger partial charge in [-0.1, -0.05) is 12.1 Å². The molecule has 140 valence electrons. The molecular formula is C17H18F4N4O. The number of hydrogen-bond donors (Lipinski definition) is 2. The van der Waals surface area contributed by atoms with E-state index in [1.807, 2.05) is 0 Å². The highest BCUT2D eigenvalue weighted by Crippen LogP contribution is 2.44. The molecule has 5 nitrogen and oxygen atoms in total. The second-order valence-electron chi connectivity index (χ2n) is 6.52. The van der Waals surface area contributed by atoms with Crippen LogP contribution in [0, 0.1) is 5.82 Å². The van der Waals surface area contributed by atoms with Gasteiger partial charge in [-0.3, -0.25) is 4.79 Å². The summed E-state index contributed by atoms with van der Waals surface area (Å²) in [6.07, 6.45) is -3.71. The predicted molar refractivity (Wildman–Crippen MR) is 87.3 cm³/mol. The number of carbonyl (C=O) groups is 1. The first-order chi connectivity index (χ1) is 12.2. The molecule has 1 aromatic heterocycles. The van der Waals surface area contributed by atoms with Crippen LogP contribution in [0.5, 0.6) is 0 Å². The number of fused-ring (bicyclic) bond motifs is 1. The number of anilines is 1. The van der Waals surface area contributed by atoms with Crippen molar-refractivity contribution in [1.29, 1.82) is 0 Å². The van der Waals surface area contributed by atoms with E-state index in [-0.39, 0.29) is 23.8 Å². The summed E-state index contributed by atoms with van der Waals surface area (Å²) in [7, 11) is 0. The van der Waals surface area contributed by atoms with Crippen molar-refractivity contribution in [2.75, 3.05) is 5.32 Å². The normalized spacial score (nSPS) is 19.8. The third kappa shape index (κ3) is 3.51. The summed E-state index contributed by atoms with van der Waals surface area (Å²) in [5.41, 5.74) is 0.545. The molecule has 0 fully saturated rings. The van der Waals surface area contributed by atoms with Gasteiger partial charge in [0.15, 0.2) is 6.04 Å². The molecule has 3 rings (SSSR count). The van der Waals surface area contributed by atoms with Gasteiger partial charge in [0.2, 0.25) is 0 Å². The third-order valence-corrected chi connectivity index (χ3v) is 4.18. The van der Waals surface area contributed by atoms with Crippen LogP contribution < -0.4 is 10.6 Å². The quantitative estimate of drug-likeness (QED) is 0.808. The number of nitrogens with one attached hydrogen (secondary N) is 2. The van der Waals surface area contributed by atoms with Gasteiger partial charge < -0.3 is 10.6 Å². The van der Waals surface area contributed by atoms with Crippen molar-refractivity contribution in [3.05, 3.63) is 47.4 Å². The molecule has 2 N–H and O–H groups in total. The van der Waals surface area contributed by atoms with Crippen LogP contribution in [0.3, 0.4) is 0 Å². The van der Waals surface area contributed by atoms with Gasteiger partial charge in [0.25, 0.3) is 5.91 Å². The zero-order chi connectivity index (χ0) is 19.1. The van der Waals surface area contributed by atoms with Gasteiger partial charge in [-0.15, -0.1) is 0 Å². The van der Waals surface area contributed by atoms with Crippen molar-refractivity contribution in [3.63, 3.8) is 0 Å². The van der Waals surface area contributed by atoms with Gasteiger partial charge in [-0.05, 0) is 31.5 Å². The van der Waals surface area contributed by atoms with E-state index in [2.05, 4.69) is 15.7 Å². The Labute approximate surface area is 147 Å². The topological polar surface area (TPSA) is 59.0 Å². The first-order valence-electron chi connectivity index (χ1n) is 8.14. The van der Waals surface area contributed by atoms with E-state index < -0.39 is 30.0 Å². The molecule has 26 heavy (non-hydrogen) atoms. The molecule has 2 aromatic rings. The average Bonchev–Trinajstić information content (AvgIpc) is 2.97. The Morgan fingerprint density at radius 3 is 2.54 bits per heavy atom. The van der Waals surface area contributed by atoms with E-state index in [1.165, 1.54) is 24.3 Å². The van der Waals surface area contributed by atoms with E-state index in [9.17, 15) is 22.4 Å². The Bertz CT molecular complexity index is 798. The van der Waals surface area contributed by atoms with Crippen LogP contribution in [0.1, 0.15) is 48.3 Å². The van der Waals surface area contributed by atoms with Crippen LogP contribution in [0.2, 0.25) is 0 Å². The minimum absolute atomic E-state index is 0.00560. The smallest absolute Gasteiger partial charge is 0.363 e. The van der Waals surface area contributed by atoms with E-state index in [0.717, 1.165) is 10.9 Å². The lowest BCUT2D eigenvalue weighted by Crippen LogP contribution is -2.37. The van der Waals surface area contributed by atoms with Crippen LogP contribution in [0.15, 0.2) is 30.5 Å². The van der Waals surface area contributed by atoms with E-state index >= 15 is 0 Å². The average molecular weight is 370 g/mol. The second kappa shape index (κ2) is 6.62. The Hall–Kier alpha value is -2.58. The van der Waals surface area contributed by atoms with Crippen molar-refractivity contribution in [1.82, 2.24) is 15.1 Å². The molecule has 0 saturated carbocycles. The molecule has 1 aliphatic rings. The second-order valence-corrected chi connectivity index (χ2v) is 6.52. The summed E-state index contributed by atoms with van der Waals surface area (Å²) in [6, 6.07) is 2.47. The molecule has 2 unspecified atom stereocenters. The molecule has 1 amide bonds. The van der Waals surface area contributed by atoms with Gasteiger partial charge in [-0.25, -0.2) is 9.07 Å². The molecule has 1 aliphatic heterocycles. The van der Waals surface area contributed by atoms with Crippen LogP contribution in [-0.4, -0.2) is 27.9 Å². The van der Waals surface area contributed by atoms with E-state index in [4.69, 9.17) is 0 Å². The monoisotopic (exact) mass is 370 g/mol. The maximum absolute atomic E-state index is 13.5. The maximum Gasteiger partial charge on any atom is 0.410 e. The molecule has 0 bridgehead atoms. The standard InChI is InChI=1S/C17H18F4N4O/c1-9(2)23-16(26)12-8-22-25-14(17(19,20)21)7-13(24-15(12)25)10-3-5-11(18)6-4-10/h3-6,8-9,13-14,24H,7H2,1-2H3,(H,23,26). The van der Waals surface area contributed by atoms with Crippen molar-refractivity contribution >= 4 is 11.7 Å². The summed E-state index contributed by atoms with van der Waals surface area (Å²) < 4.78 is 54.6. The van der Waals surface area contributed by atoms with Crippen LogP contribution in [-0.2, 0) is 0 Å². The minimum atomic E-state index is -4.53. The van der Waals surface area contributed by atoms with Crippen molar-refractivity contribution < 1.29 is 22.4 Å². The largest absolute Gasteiger partial charge is 0.410 e. The zero-order valence-electron chi connectivity index (χ0n) is 14.1. The Kier molecular flexibility index (Phi) is 4.64. The molecule has 1 aromatic carbocycles. The number of halogens is 4. The fraction of sp³-hybridized carbons (Fsp3) is 0.412. The van der Waals surface area contributed by atoms with E-state index in [1.54, 1.807) is 13.8 Å². The molecule has 0 spiro atoms. The molecule has 2 atom stereocenters. The summed E-state index contributed by atoms with van der Waals surface area (Å²) >= 11 is 0. The number of nitrogens with zero attached hydrogens (tertiary/aromatic N) is 2. The highest BCUT2D eigenvalue weighted by Gasteiger charge is 2.47. The zero-order valence-corrected chi connectivity index (χ0v) is 14.1. The van der Waals surface area contributed by atoms with Crippen molar-refractivity contribution in [3.8, 4) is 0 Å². The summed E-state index contributed by atoms with van der Waals surface area (Å²) in [5, 5.41) is 9.39. The number of carbonyl (C=O) groups excluding carboxylic acids is 1. The van der Waals surface area contributed by atoms with Gasteiger partial charge in [-0.2, -0.15) is 18.3 Å². The molecule has 0 radical (unpaired) electrons. The number of alkyl halides is 3. The summed E-state index contributed by atoms with van der Waals surface area (Å²) in [4.78, 5) is 12.3. The molecule has 0 aliphatic carbocycles. The molecule has 9 heteroatoms. The van der Waals surface area contributed by atoms with Gasteiger partial charge in [0, 0.05) is 12.5 Å². The Morgan fingerprint density at radius 2 is 1.96 bits per heavy atom. The number of hydrogen-bond acceptors (Lipinski definition) is 3. The molecule has 2 heterocycles. The Morgan fingerprint density at radius 1 is 1.31 bits per heavy atom. The lowest BCUT2D eigenvalue weighted by molar-refractivity contribution is -0.173. The van der Waals surface area contributed by atoms with Gasteiger partial charge in [0.1, 0.15) is 17.2 Å². The summed E-state index contributed by atoms with van der Waals surface area (Å²) in [5.74, 6) is -0.973. The number of amides is 1. The highest BCUT2D eigenvalue weighted by molar-refractivity contribution is 5.99. The SMILES string of the molecule is CC(C)NC(=O)c1cnn2c1NC(c1ccc(F)cc1)CC2C(F)(F)F. The number of rotatable bonds is 3. The molecule has 0 saturated heterocycles. The van der Waals surface area contributed by atoms with Crippen molar-refractivity contribution in [2.45, 2.75) is 44.6 Å². The van der Waals surface area contributed by atoms with Gasteiger partial charge in [0.05, 0.1) is 12.2 Å². The van der Waals surface area contributed by atoms with Crippen LogP contribution in [0.25, 0.3) is 0 Å². The summed E-state index contributed by atoms with van der Waals surface area (Å²) in [6.45, 7) is 3.50. The first-order valence-corrected chi connectivity index (χ1v) is 8.14. The predicted octanol–water partition coefficient (Wildman–Crippen LogP) is 3.82. The first kappa shape index (κ1) is 18.2. The fourth-order valence-corrected chi connectivity index (χ4v) is 2.98. The third-order valence-electron chi connectivity index (χ3n) is 4.18.